The summed E-state index contributed by atoms with van der Waals surface area (Å²) in [5.41, 5.74) is -0.0329. The van der Waals surface area contributed by atoms with Gasteiger partial charge in [0.25, 0.3) is 5.56 Å². The first-order valence-corrected chi connectivity index (χ1v) is 10.0. The summed E-state index contributed by atoms with van der Waals surface area (Å²) in [6, 6.07) is 0.0150. The normalized spacial score (nSPS) is 16.1. The van der Waals surface area contributed by atoms with Crippen LogP contribution >= 0.6 is 11.8 Å². The quantitative estimate of drug-likeness (QED) is 0.679. The third-order valence-electron chi connectivity index (χ3n) is 4.98. The van der Waals surface area contributed by atoms with Crippen LogP contribution in [0.5, 0.6) is 0 Å². The molecule has 1 saturated heterocycles. The minimum absolute atomic E-state index is 0.0150. The van der Waals surface area contributed by atoms with Crippen molar-refractivity contribution < 1.29 is 9.53 Å². The van der Waals surface area contributed by atoms with Crippen LogP contribution in [-0.4, -0.2) is 61.5 Å². The van der Waals surface area contributed by atoms with Crippen molar-refractivity contribution in [2.24, 2.45) is 14.1 Å². The number of morpholine rings is 1. The zero-order valence-corrected chi connectivity index (χ0v) is 16.9. The van der Waals surface area contributed by atoms with Gasteiger partial charge in [0.15, 0.2) is 16.3 Å². The van der Waals surface area contributed by atoms with E-state index >= 15 is 0 Å². The molecule has 10 heteroatoms. The molecule has 1 fully saturated rings. The number of aromatic nitrogens is 4. The number of thioether (sulfide) groups is 1. The molecule has 2 aromatic heterocycles. The SMILES string of the molecule is CC[C@H](C)n1c(SCC(=O)N2CCOCC2)nc2c1c(=O)n(C)c(=O)n2C. The van der Waals surface area contributed by atoms with E-state index in [0.717, 1.165) is 11.0 Å². The lowest BCUT2D eigenvalue weighted by Gasteiger charge is -2.26. The average Bonchev–Trinajstić information content (AvgIpc) is 3.08. The summed E-state index contributed by atoms with van der Waals surface area (Å²) in [5.74, 6) is 0.251. The van der Waals surface area contributed by atoms with Crippen LogP contribution in [0.4, 0.5) is 0 Å². The molecule has 3 rings (SSSR count). The van der Waals surface area contributed by atoms with E-state index in [0.29, 0.717) is 42.6 Å². The van der Waals surface area contributed by atoms with E-state index < -0.39 is 5.69 Å². The molecule has 0 N–H and O–H groups in total. The number of hydrogen-bond acceptors (Lipinski definition) is 6. The van der Waals surface area contributed by atoms with Crippen molar-refractivity contribution in [3.8, 4) is 0 Å². The molecule has 0 unspecified atom stereocenters. The Morgan fingerprint density at radius 1 is 1.22 bits per heavy atom. The summed E-state index contributed by atoms with van der Waals surface area (Å²) in [6.07, 6.45) is 0.794. The first kappa shape index (κ1) is 19.7. The molecule has 3 heterocycles. The number of aryl methyl sites for hydroxylation is 1. The molecule has 0 spiro atoms. The maximum absolute atomic E-state index is 12.7. The zero-order chi connectivity index (χ0) is 19.7. The highest BCUT2D eigenvalue weighted by molar-refractivity contribution is 7.99. The van der Waals surface area contributed by atoms with Crippen molar-refractivity contribution in [2.45, 2.75) is 31.5 Å². The molecule has 1 aliphatic heterocycles. The van der Waals surface area contributed by atoms with Gasteiger partial charge in [0.1, 0.15) is 0 Å². The molecule has 1 amide bonds. The van der Waals surface area contributed by atoms with E-state index in [1.54, 1.807) is 11.9 Å². The van der Waals surface area contributed by atoms with Crippen LogP contribution in [0, 0.1) is 0 Å². The molecule has 27 heavy (non-hydrogen) atoms. The highest BCUT2D eigenvalue weighted by atomic mass is 32.2. The van der Waals surface area contributed by atoms with Crippen molar-refractivity contribution in [1.82, 2.24) is 23.6 Å². The largest absolute Gasteiger partial charge is 0.378 e. The van der Waals surface area contributed by atoms with Crippen molar-refractivity contribution in [2.75, 3.05) is 32.1 Å². The number of nitrogens with zero attached hydrogens (tertiary/aromatic N) is 5. The second kappa shape index (κ2) is 7.89. The molecule has 0 saturated carbocycles. The molecule has 0 aromatic carbocycles. The third-order valence-corrected chi connectivity index (χ3v) is 5.92. The Morgan fingerprint density at radius 3 is 2.52 bits per heavy atom. The van der Waals surface area contributed by atoms with Crippen molar-refractivity contribution >= 4 is 28.8 Å². The van der Waals surface area contributed by atoms with Gasteiger partial charge in [-0.1, -0.05) is 18.7 Å². The fourth-order valence-corrected chi connectivity index (χ4v) is 4.11. The number of fused-ring (bicyclic) bond motifs is 1. The minimum Gasteiger partial charge on any atom is -0.378 e. The van der Waals surface area contributed by atoms with Crippen LogP contribution in [0.25, 0.3) is 11.2 Å². The topological polar surface area (TPSA) is 91.4 Å². The van der Waals surface area contributed by atoms with Gasteiger partial charge in [-0.05, 0) is 13.3 Å². The van der Waals surface area contributed by atoms with Gasteiger partial charge in [-0.3, -0.25) is 18.7 Å². The summed E-state index contributed by atoms with van der Waals surface area (Å²) in [4.78, 5) is 43.8. The van der Waals surface area contributed by atoms with E-state index in [1.807, 2.05) is 18.4 Å². The van der Waals surface area contributed by atoms with Crippen LogP contribution in [-0.2, 0) is 23.6 Å². The van der Waals surface area contributed by atoms with Gasteiger partial charge in [0.05, 0.1) is 19.0 Å². The maximum atomic E-state index is 12.7. The highest BCUT2D eigenvalue weighted by Crippen LogP contribution is 2.27. The van der Waals surface area contributed by atoms with Crippen LogP contribution in [0.15, 0.2) is 14.7 Å². The van der Waals surface area contributed by atoms with Gasteiger partial charge in [0, 0.05) is 33.2 Å². The van der Waals surface area contributed by atoms with Crippen molar-refractivity contribution in [3.05, 3.63) is 20.8 Å². The molecule has 1 atom stereocenters. The average molecular weight is 395 g/mol. The Kier molecular flexibility index (Phi) is 5.75. The van der Waals surface area contributed by atoms with E-state index in [4.69, 9.17) is 4.74 Å². The van der Waals surface area contributed by atoms with E-state index in [-0.39, 0.29) is 23.3 Å². The van der Waals surface area contributed by atoms with Gasteiger partial charge < -0.3 is 14.2 Å². The fourth-order valence-electron chi connectivity index (χ4n) is 3.12. The molecule has 9 nitrogen and oxygen atoms in total. The molecule has 0 bridgehead atoms. The lowest BCUT2D eigenvalue weighted by atomic mass is 10.2. The Balaban J connectivity index is 2.00. The lowest BCUT2D eigenvalue weighted by Crippen LogP contribution is -2.41. The first-order chi connectivity index (χ1) is 12.9. The number of ether oxygens (including phenoxy) is 1. The molecule has 2 aromatic rings. The number of rotatable bonds is 5. The van der Waals surface area contributed by atoms with E-state index in [1.165, 1.54) is 23.4 Å². The first-order valence-electron chi connectivity index (χ1n) is 9.03. The minimum atomic E-state index is -0.415. The molecular weight excluding hydrogens is 370 g/mol. The molecule has 0 radical (unpaired) electrons. The second-order valence-corrected chi connectivity index (χ2v) is 7.62. The Labute approximate surface area is 160 Å². The van der Waals surface area contributed by atoms with Gasteiger partial charge in [-0.25, -0.2) is 9.78 Å². The van der Waals surface area contributed by atoms with Crippen LogP contribution in [0.2, 0.25) is 0 Å². The van der Waals surface area contributed by atoms with Gasteiger partial charge in [-0.2, -0.15) is 0 Å². The van der Waals surface area contributed by atoms with Gasteiger partial charge >= 0.3 is 5.69 Å². The van der Waals surface area contributed by atoms with Gasteiger partial charge in [-0.15, -0.1) is 0 Å². The number of imidazole rings is 1. The summed E-state index contributed by atoms with van der Waals surface area (Å²) < 4.78 is 9.61. The summed E-state index contributed by atoms with van der Waals surface area (Å²) in [7, 11) is 3.07. The number of carbonyl (C=O) groups is 1. The third kappa shape index (κ3) is 3.55. The molecule has 0 aliphatic carbocycles. The van der Waals surface area contributed by atoms with Crippen LogP contribution < -0.4 is 11.2 Å². The monoisotopic (exact) mass is 395 g/mol. The lowest BCUT2D eigenvalue weighted by molar-refractivity contribution is -0.132. The zero-order valence-electron chi connectivity index (χ0n) is 16.1. The summed E-state index contributed by atoms with van der Waals surface area (Å²) in [5, 5.41) is 0.583. The summed E-state index contributed by atoms with van der Waals surface area (Å²) >= 11 is 1.30. The maximum Gasteiger partial charge on any atom is 0.332 e. The fraction of sp³-hybridized carbons (Fsp3) is 0.647. The molecule has 148 valence electrons. The highest BCUT2D eigenvalue weighted by Gasteiger charge is 2.24. The predicted octanol–water partition coefficient (Wildman–Crippen LogP) is 0.356. The van der Waals surface area contributed by atoms with Crippen LogP contribution in [0.1, 0.15) is 26.3 Å². The summed E-state index contributed by atoms with van der Waals surface area (Å²) in [6.45, 7) is 6.32. The Hall–Kier alpha value is -2.07. The smallest absolute Gasteiger partial charge is 0.332 e. The standard InChI is InChI=1S/C17H25N5O4S/c1-5-11(2)22-13-14(19(3)17(25)20(4)15(13)24)18-16(22)27-10-12(23)21-6-8-26-9-7-21/h11H,5-10H2,1-4H3/t11-/m0/s1. The Morgan fingerprint density at radius 2 is 1.89 bits per heavy atom. The molecular formula is C17H25N5O4S. The second-order valence-electron chi connectivity index (χ2n) is 6.68. The Bertz CT molecular complexity index is 970. The van der Waals surface area contributed by atoms with Crippen molar-refractivity contribution in [1.29, 1.82) is 0 Å². The van der Waals surface area contributed by atoms with E-state index in [2.05, 4.69) is 4.98 Å². The van der Waals surface area contributed by atoms with E-state index in [9.17, 15) is 14.4 Å². The number of carbonyl (C=O) groups excluding carboxylic acids is 1. The molecule has 1 aliphatic rings. The van der Waals surface area contributed by atoms with Crippen LogP contribution in [0.3, 0.4) is 0 Å². The predicted molar refractivity (Wildman–Crippen MR) is 103 cm³/mol. The number of amides is 1. The van der Waals surface area contributed by atoms with Gasteiger partial charge in [0.2, 0.25) is 5.91 Å². The number of hydrogen-bond donors (Lipinski definition) is 0. The van der Waals surface area contributed by atoms with Crippen molar-refractivity contribution in [3.63, 3.8) is 0 Å².